The van der Waals surface area contributed by atoms with Crippen LogP contribution in [0.25, 0.3) is 16.8 Å². The Kier molecular flexibility index (Phi) is 5.31. The second-order valence-electron chi connectivity index (χ2n) is 6.86. The number of nitrogens with zero attached hydrogens (tertiary/aromatic N) is 1. The average molecular weight is 388 g/mol. The van der Waals surface area contributed by atoms with Crippen molar-refractivity contribution in [1.29, 1.82) is 0 Å². The minimum Gasteiger partial charge on any atom is -0.268 e. The van der Waals surface area contributed by atoms with Gasteiger partial charge in [0.1, 0.15) is 0 Å². The van der Waals surface area contributed by atoms with Crippen molar-refractivity contribution in [2.45, 2.75) is 26.2 Å². The monoisotopic (exact) mass is 387 g/mol. The van der Waals surface area contributed by atoms with E-state index >= 15 is 0 Å². The zero-order valence-electron chi connectivity index (χ0n) is 15.7. The average Bonchev–Trinajstić information content (AvgIpc) is 3.00. The summed E-state index contributed by atoms with van der Waals surface area (Å²) in [6, 6.07) is 21.7. The second kappa shape index (κ2) is 8.03. The number of fused-ring (bicyclic) bond motifs is 1. The van der Waals surface area contributed by atoms with Crippen molar-refractivity contribution >= 4 is 45.4 Å². The standard InChI is InChI=1S/C24H21NO2S/c1-2-3-7-17-12-14-20(15-13-17)25-23(26)22(28-24(25)27)16-19-10-6-9-18-8-4-5-11-21(18)19/h4-6,8-16H,2-3,7H2,1H3/b22-16-. The maximum atomic E-state index is 12.9. The molecule has 0 aliphatic carbocycles. The van der Waals surface area contributed by atoms with E-state index in [1.807, 2.05) is 72.8 Å². The van der Waals surface area contributed by atoms with Gasteiger partial charge < -0.3 is 0 Å². The lowest BCUT2D eigenvalue weighted by Gasteiger charge is -2.13. The van der Waals surface area contributed by atoms with E-state index in [9.17, 15) is 9.59 Å². The molecule has 0 unspecified atom stereocenters. The molecule has 2 amide bonds. The van der Waals surface area contributed by atoms with Gasteiger partial charge in [0.2, 0.25) is 0 Å². The van der Waals surface area contributed by atoms with Crippen LogP contribution in [0.15, 0.2) is 71.6 Å². The number of amides is 2. The maximum Gasteiger partial charge on any atom is 0.298 e. The van der Waals surface area contributed by atoms with Gasteiger partial charge in [-0.2, -0.15) is 0 Å². The number of anilines is 1. The Morgan fingerprint density at radius 2 is 1.68 bits per heavy atom. The Bertz CT molecular complexity index is 1060. The number of carbonyl (C=O) groups is 2. The number of benzene rings is 3. The van der Waals surface area contributed by atoms with Gasteiger partial charge in [0, 0.05) is 0 Å². The van der Waals surface area contributed by atoms with Crippen molar-refractivity contribution in [3.8, 4) is 0 Å². The van der Waals surface area contributed by atoms with Crippen LogP contribution < -0.4 is 4.90 Å². The highest BCUT2D eigenvalue weighted by Crippen LogP contribution is 2.36. The van der Waals surface area contributed by atoms with Gasteiger partial charge in [0.05, 0.1) is 10.6 Å². The fraction of sp³-hybridized carbons (Fsp3) is 0.167. The summed E-state index contributed by atoms with van der Waals surface area (Å²) in [6.45, 7) is 2.16. The Hall–Kier alpha value is -2.85. The molecule has 0 spiro atoms. The molecule has 3 nitrogen and oxygen atoms in total. The fourth-order valence-corrected chi connectivity index (χ4v) is 4.23. The van der Waals surface area contributed by atoms with Crippen molar-refractivity contribution in [3.05, 3.63) is 82.8 Å². The van der Waals surface area contributed by atoms with Gasteiger partial charge in [-0.1, -0.05) is 67.9 Å². The van der Waals surface area contributed by atoms with Crippen LogP contribution in [-0.2, 0) is 11.2 Å². The molecule has 140 valence electrons. The number of unbranched alkanes of at least 4 members (excludes halogenated alkanes) is 1. The van der Waals surface area contributed by atoms with Crippen molar-refractivity contribution in [2.24, 2.45) is 0 Å². The van der Waals surface area contributed by atoms with E-state index in [2.05, 4.69) is 6.92 Å². The van der Waals surface area contributed by atoms with E-state index in [1.165, 1.54) is 10.5 Å². The number of aryl methyl sites for hydroxylation is 1. The molecule has 0 aromatic heterocycles. The molecule has 1 aliphatic rings. The molecule has 1 aliphatic heterocycles. The molecule has 3 aromatic rings. The number of thioether (sulfide) groups is 1. The highest BCUT2D eigenvalue weighted by molar-refractivity contribution is 8.19. The summed E-state index contributed by atoms with van der Waals surface area (Å²) in [4.78, 5) is 27.2. The number of hydrogen-bond acceptors (Lipinski definition) is 3. The molecule has 0 N–H and O–H groups in total. The largest absolute Gasteiger partial charge is 0.298 e. The van der Waals surface area contributed by atoms with Gasteiger partial charge in [-0.3, -0.25) is 9.59 Å². The van der Waals surface area contributed by atoms with Crippen LogP contribution in [0, 0.1) is 0 Å². The minimum atomic E-state index is -0.260. The topological polar surface area (TPSA) is 37.4 Å². The number of carbonyl (C=O) groups excluding carboxylic acids is 2. The Labute approximate surface area is 169 Å². The first-order valence-corrected chi connectivity index (χ1v) is 10.3. The molecule has 0 atom stereocenters. The van der Waals surface area contributed by atoms with Gasteiger partial charge in [-0.25, -0.2) is 4.90 Å². The molecule has 28 heavy (non-hydrogen) atoms. The zero-order chi connectivity index (χ0) is 19.5. The van der Waals surface area contributed by atoms with Crippen LogP contribution in [-0.4, -0.2) is 11.1 Å². The van der Waals surface area contributed by atoms with Gasteiger partial charge in [-0.05, 0) is 64.7 Å². The highest BCUT2D eigenvalue weighted by Gasteiger charge is 2.36. The summed E-state index contributed by atoms with van der Waals surface area (Å²) in [6.07, 6.45) is 5.11. The molecule has 1 saturated heterocycles. The van der Waals surface area contributed by atoms with Gasteiger partial charge >= 0.3 is 0 Å². The molecule has 4 heteroatoms. The summed E-state index contributed by atoms with van der Waals surface area (Å²) in [7, 11) is 0. The lowest BCUT2D eigenvalue weighted by Crippen LogP contribution is -2.27. The molecule has 0 bridgehead atoms. The third-order valence-corrected chi connectivity index (χ3v) is 5.79. The van der Waals surface area contributed by atoms with Crippen LogP contribution in [0.2, 0.25) is 0 Å². The summed E-state index contributed by atoms with van der Waals surface area (Å²) in [5, 5.41) is 1.92. The third kappa shape index (κ3) is 3.60. The Morgan fingerprint density at radius 1 is 0.929 bits per heavy atom. The van der Waals surface area contributed by atoms with E-state index in [-0.39, 0.29) is 11.1 Å². The smallest absolute Gasteiger partial charge is 0.268 e. The Morgan fingerprint density at radius 3 is 2.46 bits per heavy atom. The number of rotatable bonds is 5. The summed E-state index contributed by atoms with van der Waals surface area (Å²) in [5.41, 5.74) is 2.80. The molecule has 1 heterocycles. The van der Waals surface area contributed by atoms with Crippen LogP contribution in [0.1, 0.15) is 30.9 Å². The van der Waals surface area contributed by atoms with E-state index < -0.39 is 0 Å². The van der Waals surface area contributed by atoms with E-state index in [0.29, 0.717) is 10.6 Å². The van der Waals surface area contributed by atoms with E-state index in [4.69, 9.17) is 0 Å². The summed E-state index contributed by atoms with van der Waals surface area (Å²) >= 11 is 0.997. The predicted octanol–water partition coefficient (Wildman–Crippen LogP) is 6.42. The summed E-state index contributed by atoms with van der Waals surface area (Å²) < 4.78 is 0. The Balaban J connectivity index is 1.63. The van der Waals surface area contributed by atoms with Crippen molar-refractivity contribution < 1.29 is 9.59 Å². The summed E-state index contributed by atoms with van der Waals surface area (Å²) in [5.74, 6) is -0.260. The van der Waals surface area contributed by atoms with Crippen molar-refractivity contribution in [2.75, 3.05) is 4.90 Å². The first-order valence-electron chi connectivity index (χ1n) is 9.52. The van der Waals surface area contributed by atoms with E-state index in [0.717, 1.165) is 47.4 Å². The molecule has 0 saturated carbocycles. The fourth-order valence-electron chi connectivity index (χ4n) is 3.40. The van der Waals surface area contributed by atoms with Crippen molar-refractivity contribution in [1.82, 2.24) is 0 Å². The quantitative estimate of drug-likeness (QED) is 0.474. The normalized spacial score (nSPS) is 15.8. The van der Waals surface area contributed by atoms with Gasteiger partial charge in [0.25, 0.3) is 11.1 Å². The van der Waals surface area contributed by atoms with Crippen LogP contribution in [0.5, 0.6) is 0 Å². The number of hydrogen-bond donors (Lipinski definition) is 0. The van der Waals surface area contributed by atoms with Crippen molar-refractivity contribution in [3.63, 3.8) is 0 Å². The van der Waals surface area contributed by atoms with Gasteiger partial charge in [-0.15, -0.1) is 0 Å². The van der Waals surface area contributed by atoms with Gasteiger partial charge in [0.15, 0.2) is 0 Å². The molecule has 0 radical (unpaired) electrons. The highest BCUT2D eigenvalue weighted by atomic mass is 32.2. The molecule has 3 aromatic carbocycles. The molecule has 4 rings (SSSR count). The molecule has 1 fully saturated rings. The zero-order valence-corrected chi connectivity index (χ0v) is 16.5. The van der Waals surface area contributed by atoms with Crippen LogP contribution >= 0.6 is 11.8 Å². The first kappa shape index (κ1) is 18.5. The lowest BCUT2D eigenvalue weighted by molar-refractivity contribution is -0.113. The number of imide groups is 1. The molecular formula is C24H21NO2S. The molecular weight excluding hydrogens is 366 g/mol. The van der Waals surface area contributed by atoms with Crippen LogP contribution in [0.4, 0.5) is 10.5 Å². The maximum absolute atomic E-state index is 12.9. The predicted molar refractivity (Wildman–Crippen MR) is 117 cm³/mol. The third-order valence-electron chi connectivity index (χ3n) is 4.92. The SMILES string of the molecule is CCCCc1ccc(N2C(=O)S/C(=C\c3cccc4ccccc34)C2=O)cc1. The minimum absolute atomic E-state index is 0.252. The second-order valence-corrected chi connectivity index (χ2v) is 7.85. The first-order chi connectivity index (χ1) is 13.7. The van der Waals surface area contributed by atoms with Crippen LogP contribution in [0.3, 0.4) is 0 Å². The lowest BCUT2D eigenvalue weighted by atomic mass is 10.0. The van der Waals surface area contributed by atoms with E-state index in [1.54, 1.807) is 0 Å².